The zero-order valence-electron chi connectivity index (χ0n) is 7.78. The molecule has 2 aromatic carbocycles. The van der Waals surface area contributed by atoms with Crippen molar-refractivity contribution in [3.63, 3.8) is 0 Å². The maximum Gasteiger partial charge on any atom is 0.140 e. The van der Waals surface area contributed by atoms with Gasteiger partial charge in [0.05, 0.1) is 3.57 Å². The number of hydrogen-bond acceptors (Lipinski definition) is 1. The molecule has 0 aromatic heterocycles. The average Bonchev–Trinajstić information content (AvgIpc) is 2.25. The normalized spacial score (nSPS) is 10.0. The smallest absolute Gasteiger partial charge is 0.140 e. The lowest BCUT2D eigenvalue weighted by Gasteiger charge is -2.06. The van der Waals surface area contributed by atoms with Gasteiger partial charge in [-0.25, -0.2) is 0 Å². The maximum absolute atomic E-state index is 5.79. The van der Waals surface area contributed by atoms with Crippen molar-refractivity contribution in [2.24, 2.45) is 0 Å². The Kier molecular flexibility index (Phi) is 3.49. The van der Waals surface area contributed by atoms with Crippen LogP contribution in [0.5, 0.6) is 11.5 Å². The van der Waals surface area contributed by atoms with E-state index in [0.717, 1.165) is 15.1 Å². The van der Waals surface area contributed by atoms with E-state index in [-0.39, 0.29) is 0 Å². The van der Waals surface area contributed by atoms with Gasteiger partial charge in [0.1, 0.15) is 11.5 Å². The maximum atomic E-state index is 5.79. The van der Waals surface area contributed by atoms with E-state index in [9.17, 15) is 0 Å². The van der Waals surface area contributed by atoms with E-state index in [1.165, 1.54) is 0 Å². The molecule has 0 saturated heterocycles. The molecule has 0 amide bonds. The van der Waals surface area contributed by atoms with Crippen LogP contribution in [0.3, 0.4) is 0 Å². The highest BCUT2D eigenvalue weighted by Gasteiger charge is 2.00. The van der Waals surface area contributed by atoms with Crippen molar-refractivity contribution >= 4 is 34.2 Å². The first kappa shape index (κ1) is 10.8. The van der Waals surface area contributed by atoms with Gasteiger partial charge in [-0.05, 0) is 59.0 Å². The van der Waals surface area contributed by atoms with E-state index < -0.39 is 0 Å². The molecule has 0 spiro atoms. The molecule has 2 rings (SSSR count). The van der Waals surface area contributed by atoms with Gasteiger partial charge >= 0.3 is 0 Å². The number of hydrogen-bond donors (Lipinski definition) is 0. The first-order chi connectivity index (χ1) is 7.25. The Hall–Kier alpha value is -0.740. The standard InChI is InChI=1S/C12H8ClIO/c13-9-5-7-10(8-6-9)15-12-4-2-1-3-11(12)14/h1-8H. The topological polar surface area (TPSA) is 9.23 Å². The number of ether oxygens (including phenoxy) is 1. The molecule has 0 unspecified atom stereocenters. The third kappa shape index (κ3) is 2.86. The molecule has 76 valence electrons. The van der Waals surface area contributed by atoms with Crippen molar-refractivity contribution in [1.82, 2.24) is 0 Å². The highest BCUT2D eigenvalue weighted by molar-refractivity contribution is 14.1. The van der Waals surface area contributed by atoms with Gasteiger partial charge in [0, 0.05) is 5.02 Å². The fraction of sp³-hybridized carbons (Fsp3) is 0. The molecule has 15 heavy (non-hydrogen) atoms. The minimum Gasteiger partial charge on any atom is -0.456 e. The molecule has 2 aromatic rings. The molecule has 3 heteroatoms. The molecule has 0 aliphatic carbocycles. The molecule has 0 N–H and O–H groups in total. The Morgan fingerprint density at radius 1 is 0.933 bits per heavy atom. The van der Waals surface area contributed by atoms with Gasteiger partial charge in [0.15, 0.2) is 0 Å². The van der Waals surface area contributed by atoms with E-state index in [2.05, 4.69) is 22.6 Å². The molecule has 0 bridgehead atoms. The van der Waals surface area contributed by atoms with Crippen LogP contribution in [-0.2, 0) is 0 Å². The highest BCUT2D eigenvalue weighted by atomic mass is 127. The second-order valence-corrected chi connectivity index (χ2v) is 4.59. The Bertz CT molecular complexity index is 453. The molecule has 0 fully saturated rings. The number of halogens is 2. The van der Waals surface area contributed by atoms with Crippen LogP contribution in [-0.4, -0.2) is 0 Å². The van der Waals surface area contributed by atoms with E-state index in [4.69, 9.17) is 16.3 Å². The van der Waals surface area contributed by atoms with Crippen LogP contribution in [0.2, 0.25) is 5.02 Å². The lowest BCUT2D eigenvalue weighted by molar-refractivity contribution is 0.479. The molecule has 0 heterocycles. The Morgan fingerprint density at radius 2 is 1.60 bits per heavy atom. The minimum absolute atomic E-state index is 0.713. The fourth-order valence-corrected chi connectivity index (χ4v) is 1.78. The summed E-state index contributed by atoms with van der Waals surface area (Å²) in [5, 5.41) is 0.713. The number of para-hydroxylation sites is 1. The third-order valence-electron chi connectivity index (χ3n) is 1.88. The van der Waals surface area contributed by atoms with Crippen molar-refractivity contribution in [2.45, 2.75) is 0 Å². The summed E-state index contributed by atoms with van der Waals surface area (Å²) in [6, 6.07) is 15.2. The monoisotopic (exact) mass is 330 g/mol. The largest absolute Gasteiger partial charge is 0.456 e. The van der Waals surface area contributed by atoms with Crippen molar-refractivity contribution in [3.05, 3.63) is 57.1 Å². The summed E-state index contributed by atoms with van der Waals surface area (Å²) in [6.45, 7) is 0. The zero-order valence-corrected chi connectivity index (χ0v) is 10.7. The van der Waals surface area contributed by atoms with E-state index in [1.807, 2.05) is 48.5 Å². The molecule has 0 atom stereocenters. The lowest BCUT2D eigenvalue weighted by Crippen LogP contribution is -1.86. The van der Waals surface area contributed by atoms with E-state index in [0.29, 0.717) is 5.02 Å². The van der Waals surface area contributed by atoms with Gasteiger partial charge in [-0.2, -0.15) is 0 Å². The summed E-state index contributed by atoms with van der Waals surface area (Å²) in [6.07, 6.45) is 0. The molecule has 0 aliphatic rings. The van der Waals surface area contributed by atoms with E-state index >= 15 is 0 Å². The van der Waals surface area contributed by atoms with Crippen molar-refractivity contribution in [3.8, 4) is 11.5 Å². The summed E-state index contributed by atoms with van der Waals surface area (Å²) in [5.41, 5.74) is 0. The van der Waals surface area contributed by atoms with Gasteiger partial charge in [0.2, 0.25) is 0 Å². The fourth-order valence-electron chi connectivity index (χ4n) is 1.16. The molecule has 0 saturated carbocycles. The van der Waals surface area contributed by atoms with Gasteiger partial charge < -0.3 is 4.74 Å². The third-order valence-corrected chi connectivity index (χ3v) is 3.02. The molecule has 0 aliphatic heterocycles. The molecule has 1 nitrogen and oxygen atoms in total. The van der Waals surface area contributed by atoms with Crippen molar-refractivity contribution in [2.75, 3.05) is 0 Å². The Labute approximate surface area is 107 Å². The van der Waals surface area contributed by atoms with Crippen LogP contribution in [0.15, 0.2) is 48.5 Å². The summed E-state index contributed by atoms with van der Waals surface area (Å²) in [5.74, 6) is 1.66. The van der Waals surface area contributed by atoms with Crippen LogP contribution in [0, 0.1) is 3.57 Å². The number of rotatable bonds is 2. The average molecular weight is 331 g/mol. The van der Waals surface area contributed by atoms with Crippen LogP contribution in [0.25, 0.3) is 0 Å². The van der Waals surface area contributed by atoms with Crippen LogP contribution >= 0.6 is 34.2 Å². The number of benzene rings is 2. The van der Waals surface area contributed by atoms with Gasteiger partial charge in [-0.15, -0.1) is 0 Å². The summed E-state index contributed by atoms with van der Waals surface area (Å²) >= 11 is 8.03. The van der Waals surface area contributed by atoms with Gasteiger partial charge in [0.25, 0.3) is 0 Å². The van der Waals surface area contributed by atoms with Crippen molar-refractivity contribution < 1.29 is 4.74 Å². The summed E-state index contributed by atoms with van der Waals surface area (Å²) in [7, 11) is 0. The first-order valence-corrected chi connectivity index (χ1v) is 5.89. The van der Waals surface area contributed by atoms with Gasteiger partial charge in [-0.3, -0.25) is 0 Å². The molecular weight excluding hydrogens is 322 g/mol. The molecule has 0 radical (unpaired) electrons. The SMILES string of the molecule is Clc1ccc(Oc2ccccc2I)cc1. The molecular formula is C12H8ClIO. The Morgan fingerprint density at radius 3 is 2.27 bits per heavy atom. The second kappa shape index (κ2) is 4.86. The summed E-state index contributed by atoms with van der Waals surface area (Å²) in [4.78, 5) is 0. The quantitative estimate of drug-likeness (QED) is 0.723. The van der Waals surface area contributed by atoms with Crippen LogP contribution < -0.4 is 4.74 Å². The first-order valence-electron chi connectivity index (χ1n) is 4.43. The minimum atomic E-state index is 0.713. The van der Waals surface area contributed by atoms with Crippen LogP contribution in [0.1, 0.15) is 0 Å². The van der Waals surface area contributed by atoms with E-state index in [1.54, 1.807) is 0 Å². The van der Waals surface area contributed by atoms with Crippen LogP contribution in [0.4, 0.5) is 0 Å². The highest BCUT2D eigenvalue weighted by Crippen LogP contribution is 2.26. The summed E-state index contributed by atoms with van der Waals surface area (Å²) < 4.78 is 6.79. The predicted octanol–water partition coefficient (Wildman–Crippen LogP) is 4.74. The lowest BCUT2D eigenvalue weighted by atomic mass is 10.3. The van der Waals surface area contributed by atoms with Crippen molar-refractivity contribution in [1.29, 1.82) is 0 Å². The van der Waals surface area contributed by atoms with Gasteiger partial charge in [-0.1, -0.05) is 23.7 Å². The predicted molar refractivity (Wildman–Crippen MR) is 70.7 cm³/mol. The zero-order chi connectivity index (χ0) is 10.7. The Balaban J connectivity index is 2.22. The second-order valence-electron chi connectivity index (χ2n) is 2.99.